The van der Waals surface area contributed by atoms with E-state index in [0.717, 1.165) is 0 Å². The highest BCUT2D eigenvalue weighted by Gasteiger charge is 2.08. The quantitative estimate of drug-likeness (QED) is 0.782. The smallest absolute Gasteiger partial charge is 0.356 e. The highest BCUT2D eigenvalue weighted by atomic mass is 35.5. The van der Waals surface area contributed by atoms with Gasteiger partial charge in [-0.05, 0) is 19.1 Å². The number of carboxylic acid groups (broad SMARTS) is 1. The van der Waals surface area contributed by atoms with Crippen LogP contribution in [0.15, 0.2) is 18.3 Å². The molecule has 0 aliphatic rings. The molecule has 0 aliphatic carbocycles. The molecule has 0 atom stereocenters. The standard InChI is InChI=1S/C8H10N2O2.ClH/c1-2-9-6-4-3-5-10-7(6)8(11)12;/h3-5,9H,2H2,1H3,(H,11,12);1H. The van der Waals surface area contributed by atoms with Gasteiger partial charge in [0.1, 0.15) is 0 Å². The Morgan fingerprint density at radius 1 is 1.69 bits per heavy atom. The van der Waals surface area contributed by atoms with E-state index in [4.69, 9.17) is 5.11 Å². The number of hydrogen-bond acceptors (Lipinski definition) is 3. The van der Waals surface area contributed by atoms with Gasteiger partial charge in [-0.2, -0.15) is 0 Å². The number of aromatic nitrogens is 1. The Balaban J connectivity index is 0.00000144. The van der Waals surface area contributed by atoms with Gasteiger partial charge in [0.2, 0.25) is 0 Å². The Bertz CT molecular complexity index is 291. The second-order valence-corrected chi connectivity index (χ2v) is 2.24. The number of aromatic carboxylic acids is 1. The van der Waals surface area contributed by atoms with Crippen molar-refractivity contribution in [3.8, 4) is 0 Å². The largest absolute Gasteiger partial charge is 0.476 e. The number of hydrogen-bond donors (Lipinski definition) is 2. The SMILES string of the molecule is CCNc1cccnc1C(=O)O.Cl. The zero-order chi connectivity index (χ0) is 8.97. The van der Waals surface area contributed by atoms with E-state index in [1.807, 2.05) is 6.92 Å². The number of carbonyl (C=O) groups is 1. The molecule has 4 nitrogen and oxygen atoms in total. The summed E-state index contributed by atoms with van der Waals surface area (Å²) in [6.07, 6.45) is 1.46. The van der Waals surface area contributed by atoms with E-state index in [1.165, 1.54) is 6.20 Å². The molecular formula is C8H11ClN2O2. The molecule has 0 spiro atoms. The molecule has 2 N–H and O–H groups in total. The summed E-state index contributed by atoms with van der Waals surface area (Å²) >= 11 is 0. The maximum atomic E-state index is 10.6. The van der Waals surface area contributed by atoms with Crippen LogP contribution in [0.2, 0.25) is 0 Å². The Kier molecular flexibility index (Phi) is 4.84. The van der Waals surface area contributed by atoms with Crippen molar-refractivity contribution in [2.24, 2.45) is 0 Å². The monoisotopic (exact) mass is 202 g/mol. The molecule has 0 bridgehead atoms. The van der Waals surface area contributed by atoms with Gasteiger partial charge < -0.3 is 10.4 Å². The molecule has 1 aromatic rings. The summed E-state index contributed by atoms with van der Waals surface area (Å²) in [5, 5.41) is 11.6. The van der Waals surface area contributed by atoms with E-state index in [2.05, 4.69) is 10.3 Å². The molecule has 1 rings (SSSR count). The third-order valence-corrected chi connectivity index (χ3v) is 1.38. The van der Waals surface area contributed by atoms with Crippen molar-refractivity contribution in [2.75, 3.05) is 11.9 Å². The highest BCUT2D eigenvalue weighted by molar-refractivity contribution is 5.91. The van der Waals surface area contributed by atoms with Crippen molar-refractivity contribution in [1.29, 1.82) is 0 Å². The number of rotatable bonds is 3. The molecule has 5 heteroatoms. The van der Waals surface area contributed by atoms with Crippen LogP contribution in [-0.4, -0.2) is 22.6 Å². The maximum Gasteiger partial charge on any atom is 0.356 e. The molecule has 0 amide bonds. The van der Waals surface area contributed by atoms with Crippen LogP contribution in [0.5, 0.6) is 0 Å². The fourth-order valence-electron chi connectivity index (χ4n) is 0.909. The van der Waals surface area contributed by atoms with Gasteiger partial charge in [-0.3, -0.25) is 0 Å². The average molecular weight is 203 g/mol. The summed E-state index contributed by atoms with van der Waals surface area (Å²) in [5.41, 5.74) is 0.631. The number of anilines is 1. The maximum absolute atomic E-state index is 10.6. The Morgan fingerprint density at radius 2 is 2.38 bits per heavy atom. The molecule has 0 saturated carbocycles. The fraction of sp³-hybridized carbons (Fsp3) is 0.250. The van der Waals surface area contributed by atoms with Gasteiger partial charge in [0, 0.05) is 12.7 Å². The fourth-order valence-corrected chi connectivity index (χ4v) is 0.909. The number of halogens is 1. The molecule has 0 radical (unpaired) electrons. The molecule has 1 aromatic heterocycles. The van der Waals surface area contributed by atoms with E-state index in [9.17, 15) is 4.79 Å². The number of nitrogens with one attached hydrogen (secondary N) is 1. The Labute approximate surface area is 82.4 Å². The van der Waals surface area contributed by atoms with E-state index >= 15 is 0 Å². The Morgan fingerprint density at radius 3 is 2.92 bits per heavy atom. The topological polar surface area (TPSA) is 62.2 Å². The van der Waals surface area contributed by atoms with E-state index < -0.39 is 5.97 Å². The third kappa shape index (κ3) is 2.91. The first kappa shape index (κ1) is 11.7. The summed E-state index contributed by atoms with van der Waals surface area (Å²) in [5.74, 6) is -1.01. The van der Waals surface area contributed by atoms with Crippen LogP contribution < -0.4 is 5.32 Å². The molecule has 0 saturated heterocycles. The minimum atomic E-state index is -1.01. The second kappa shape index (κ2) is 5.37. The second-order valence-electron chi connectivity index (χ2n) is 2.24. The lowest BCUT2D eigenvalue weighted by molar-refractivity contribution is 0.0691. The summed E-state index contributed by atoms with van der Waals surface area (Å²) in [7, 11) is 0. The summed E-state index contributed by atoms with van der Waals surface area (Å²) in [4.78, 5) is 14.3. The van der Waals surface area contributed by atoms with Gasteiger partial charge in [-0.1, -0.05) is 0 Å². The van der Waals surface area contributed by atoms with Gasteiger partial charge in [0.25, 0.3) is 0 Å². The zero-order valence-electron chi connectivity index (χ0n) is 7.15. The van der Waals surface area contributed by atoms with Crippen LogP contribution in [0.1, 0.15) is 17.4 Å². The van der Waals surface area contributed by atoms with Crippen LogP contribution in [-0.2, 0) is 0 Å². The molecule has 0 aromatic carbocycles. The van der Waals surface area contributed by atoms with Crippen molar-refractivity contribution in [3.63, 3.8) is 0 Å². The zero-order valence-corrected chi connectivity index (χ0v) is 7.97. The Hall–Kier alpha value is -1.29. The van der Waals surface area contributed by atoms with Crippen molar-refractivity contribution in [1.82, 2.24) is 4.98 Å². The molecule has 0 aliphatic heterocycles. The van der Waals surface area contributed by atoms with Gasteiger partial charge in [0.05, 0.1) is 5.69 Å². The van der Waals surface area contributed by atoms with Gasteiger partial charge >= 0.3 is 5.97 Å². The van der Waals surface area contributed by atoms with Crippen LogP contribution in [0.25, 0.3) is 0 Å². The molecular weight excluding hydrogens is 192 g/mol. The third-order valence-electron chi connectivity index (χ3n) is 1.38. The lowest BCUT2D eigenvalue weighted by Crippen LogP contribution is -2.07. The lowest BCUT2D eigenvalue weighted by atomic mass is 10.3. The van der Waals surface area contributed by atoms with Crippen LogP contribution >= 0.6 is 12.4 Å². The predicted octanol–water partition coefficient (Wildman–Crippen LogP) is 1.63. The van der Waals surface area contributed by atoms with Gasteiger partial charge in [0.15, 0.2) is 5.69 Å². The first-order chi connectivity index (χ1) is 5.75. The molecule has 0 unspecified atom stereocenters. The summed E-state index contributed by atoms with van der Waals surface area (Å²) in [6.45, 7) is 2.59. The van der Waals surface area contributed by atoms with E-state index in [1.54, 1.807) is 12.1 Å². The summed E-state index contributed by atoms with van der Waals surface area (Å²) < 4.78 is 0. The first-order valence-electron chi connectivity index (χ1n) is 3.68. The van der Waals surface area contributed by atoms with E-state index in [0.29, 0.717) is 12.2 Å². The van der Waals surface area contributed by atoms with Crippen LogP contribution in [0.4, 0.5) is 5.69 Å². The number of pyridine rings is 1. The van der Waals surface area contributed by atoms with E-state index in [-0.39, 0.29) is 18.1 Å². The summed E-state index contributed by atoms with van der Waals surface area (Å²) in [6, 6.07) is 3.39. The normalized spacial score (nSPS) is 8.69. The lowest BCUT2D eigenvalue weighted by Gasteiger charge is -2.04. The van der Waals surface area contributed by atoms with Crippen molar-refractivity contribution < 1.29 is 9.90 Å². The van der Waals surface area contributed by atoms with Crippen molar-refractivity contribution >= 4 is 24.1 Å². The predicted molar refractivity (Wildman–Crippen MR) is 52.6 cm³/mol. The minimum absolute atomic E-state index is 0. The van der Waals surface area contributed by atoms with Gasteiger partial charge in [-0.15, -0.1) is 12.4 Å². The number of carboxylic acids is 1. The average Bonchev–Trinajstić information content (AvgIpc) is 2.05. The molecule has 13 heavy (non-hydrogen) atoms. The first-order valence-corrected chi connectivity index (χ1v) is 3.68. The number of nitrogens with zero attached hydrogens (tertiary/aromatic N) is 1. The van der Waals surface area contributed by atoms with Crippen LogP contribution in [0, 0.1) is 0 Å². The molecule has 72 valence electrons. The van der Waals surface area contributed by atoms with Crippen molar-refractivity contribution in [2.45, 2.75) is 6.92 Å². The minimum Gasteiger partial charge on any atom is -0.476 e. The molecule has 1 heterocycles. The highest BCUT2D eigenvalue weighted by Crippen LogP contribution is 2.10. The van der Waals surface area contributed by atoms with Crippen LogP contribution in [0.3, 0.4) is 0 Å². The van der Waals surface area contributed by atoms with Crippen molar-refractivity contribution in [3.05, 3.63) is 24.0 Å². The van der Waals surface area contributed by atoms with Gasteiger partial charge in [-0.25, -0.2) is 9.78 Å². The molecule has 0 fully saturated rings.